The molecule has 1 aliphatic heterocycles. The number of hydrogen-bond donors (Lipinski definition) is 1. The number of benzene rings is 1. The summed E-state index contributed by atoms with van der Waals surface area (Å²) in [5.41, 5.74) is 0.961. The molecule has 17 heavy (non-hydrogen) atoms. The van der Waals surface area contributed by atoms with Crippen LogP contribution in [0.5, 0.6) is 0 Å². The van der Waals surface area contributed by atoms with E-state index in [-0.39, 0.29) is 17.7 Å². The fourth-order valence-corrected chi connectivity index (χ4v) is 2.08. The molecule has 92 valence electrons. The molecule has 5 heteroatoms. The number of non-ortho nitro benzene ring substituents is 1. The van der Waals surface area contributed by atoms with Gasteiger partial charge in [-0.15, -0.1) is 0 Å². The normalized spacial score (nSPS) is 24.5. The van der Waals surface area contributed by atoms with Crippen molar-refractivity contribution in [1.29, 1.82) is 0 Å². The van der Waals surface area contributed by atoms with Gasteiger partial charge in [0.2, 0.25) is 0 Å². The summed E-state index contributed by atoms with van der Waals surface area (Å²) in [6.45, 7) is 1.11. The van der Waals surface area contributed by atoms with E-state index in [1.807, 2.05) is 6.07 Å². The highest BCUT2D eigenvalue weighted by molar-refractivity contribution is 5.34. The smallest absolute Gasteiger partial charge is 0.269 e. The summed E-state index contributed by atoms with van der Waals surface area (Å²) in [7, 11) is 0. The van der Waals surface area contributed by atoms with Crippen LogP contribution in [0.3, 0.4) is 0 Å². The Morgan fingerprint density at radius 1 is 1.53 bits per heavy atom. The second kappa shape index (κ2) is 5.25. The first-order valence-corrected chi connectivity index (χ1v) is 5.66. The number of nitrogens with zero attached hydrogens (tertiary/aromatic N) is 1. The Morgan fingerprint density at radius 2 is 2.35 bits per heavy atom. The maximum absolute atomic E-state index is 10.6. The molecule has 1 N–H and O–H groups in total. The molecule has 1 heterocycles. The monoisotopic (exact) mass is 237 g/mol. The highest BCUT2D eigenvalue weighted by Crippen LogP contribution is 2.21. The number of ether oxygens (including phenoxy) is 1. The lowest BCUT2D eigenvalue weighted by Crippen LogP contribution is -2.33. The molecule has 2 atom stereocenters. The first-order chi connectivity index (χ1) is 8.16. The number of aliphatic hydroxyl groups excluding tert-OH is 1. The molecule has 2 rings (SSSR count). The Hall–Kier alpha value is -1.46. The number of aliphatic hydroxyl groups is 1. The third kappa shape index (κ3) is 3.01. The number of hydrogen-bond acceptors (Lipinski definition) is 4. The predicted molar refractivity (Wildman–Crippen MR) is 61.7 cm³/mol. The van der Waals surface area contributed by atoms with Crippen molar-refractivity contribution in [2.24, 2.45) is 5.92 Å². The third-order valence-electron chi connectivity index (χ3n) is 3.05. The first kappa shape index (κ1) is 12.0. The molecular weight excluding hydrogens is 222 g/mol. The average molecular weight is 237 g/mol. The van der Waals surface area contributed by atoms with Crippen molar-refractivity contribution < 1.29 is 14.8 Å². The van der Waals surface area contributed by atoms with Gasteiger partial charge in [-0.05, 0) is 18.4 Å². The number of nitro benzene ring substituents is 1. The summed E-state index contributed by atoms with van der Waals surface area (Å²) in [4.78, 5) is 10.2. The van der Waals surface area contributed by atoms with Crippen LogP contribution >= 0.6 is 0 Å². The number of rotatable bonds is 3. The van der Waals surface area contributed by atoms with Crippen LogP contribution in [0, 0.1) is 16.0 Å². The van der Waals surface area contributed by atoms with Gasteiger partial charge in [-0.1, -0.05) is 12.1 Å². The highest BCUT2D eigenvalue weighted by atomic mass is 16.6. The molecule has 1 aliphatic rings. The first-order valence-electron chi connectivity index (χ1n) is 5.66. The minimum atomic E-state index is -0.405. The van der Waals surface area contributed by atoms with Gasteiger partial charge in [0.05, 0.1) is 17.6 Å². The van der Waals surface area contributed by atoms with Gasteiger partial charge in [-0.25, -0.2) is 0 Å². The predicted octanol–water partition coefficient (Wildman–Crippen LogP) is 1.53. The minimum Gasteiger partial charge on any atom is -0.393 e. The van der Waals surface area contributed by atoms with E-state index in [2.05, 4.69) is 0 Å². The molecule has 5 nitrogen and oxygen atoms in total. The molecule has 0 aliphatic carbocycles. The van der Waals surface area contributed by atoms with E-state index < -0.39 is 4.92 Å². The van der Waals surface area contributed by atoms with E-state index >= 15 is 0 Å². The van der Waals surface area contributed by atoms with Gasteiger partial charge in [-0.3, -0.25) is 10.1 Å². The molecule has 1 fully saturated rings. The molecule has 0 saturated carbocycles. The largest absolute Gasteiger partial charge is 0.393 e. The quantitative estimate of drug-likeness (QED) is 0.639. The van der Waals surface area contributed by atoms with Crippen LogP contribution in [0.25, 0.3) is 0 Å². The molecule has 1 saturated heterocycles. The summed E-state index contributed by atoms with van der Waals surface area (Å²) < 4.78 is 5.31. The van der Waals surface area contributed by atoms with Crippen LogP contribution in [-0.4, -0.2) is 29.3 Å². The van der Waals surface area contributed by atoms with Gasteiger partial charge in [0.1, 0.15) is 0 Å². The molecule has 0 radical (unpaired) electrons. The zero-order valence-corrected chi connectivity index (χ0v) is 9.41. The fourth-order valence-electron chi connectivity index (χ4n) is 2.08. The van der Waals surface area contributed by atoms with Crippen molar-refractivity contribution in [3.05, 3.63) is 39.9 Å². The average Bonchev–Trinajstić information content (AvgIpc) is 2.32. The number of nitro groups is 1. The second-order valence-corrected chi connectivity index (χ2v) is 4.32. The molecule has 1 aromatic carbocycles. The van der Waals surface area contributed by atoms with Crippen LogP contribution in [-0.2, 0) is 11.2 Å². The van der Waals surface area contributed by atoms with Gasteiger partial charge >= 0.3 is 0 Å². The highest BCUT2D eigenvalue weighted by Gasteiger charge is 2.24. The van der Waals surface area contributed by atoms with Crippen LogP contribution in [0.15, 0.2) is 24.3 Å². The lowest BCUT2D eigenvalue weighted by Gasteiger charge is -2.27. The van der Waals surface area contributed by atoms with E-state index in [1.54, 1.807) is 12.1 Å². The van der Waals surface area contributed by atoms with Gasteiger partial charge in [0, 0.05) is 24.7 Å². The molecule has 1 aromatic rings. The van der Waals surface area contributed by atoms with E-state index in [0.29, 0.717) is 26.1 Å². The Kier molecular flexibility index (Phi) is 3.71. The molecular formula is C12H15NO4. The topological polar surface area (TPSA) is 72.6 Å². The third-order valence-corrected chi connectivity index (χ3v) is 3.05. The standard InChI is InChI=1S/C12H15NO4/c14-12-4-5-17-8-10(12)6-9-2-1-3-11(7-9)13(15)16/h1-3,7,10,12,14H,4-6,8H2. The summed E-state index contributed by atoms with van der Waals surface area (Å²) in [5, 5.41) is 20.4. The van der Waals surface area contributed by atoms with E-state index in [4.69, 9.17) is 4.74 Å². The maximum atomic E-state index is 10.6. The molecule has 0 aromatic heterocycles. The van der Waals surface area contributed by atoms with Gasteiger partial charge in [-0.2, -0.15) is 0 Å². The van der Waals surface area contributed by atoms with Crippen molar-refractivity contribution in [1.82, 2.24) is 0 Å². The van der Waals surface area contributed by atoms with Crippen molar-refractivity contribution in [2.75, 3.05) is 13.2 Å². The fraction of sp³-hybridized carbons (Fsp3) is 0.500. The summed E-state index contributed by atoms with van der Waals surface area (Å²) in [5.74, 6) is 0.0331. The molecule has 2 unspecified atom stereocenters. The van der Waals surface area contributed by atoms with E-state index in [9.17, 15) is 15.2 Å². The molecule has 0 spiro atoms. The zero-order valence-electron chi connectivity index (χ0n) is 9.41. The van der Waals surface area contributed by atoms with Gasteiger partial charge in [0.25, 0.3) is 5.69 Å². The SMILES string of the molecule is O=[N+]([O-])c1cccc(CC2COCCC2O)c1. The Bertz CT molecular complexity index is 407. The van der Waals surface area contributed by atoms with Crippen molar-refractivity contribution in [3.63, 3.8) is 0 Å². The van der Waals surface area contributed by atoms with E-state index in [1.165, 1.54) is 6.07 Å². The van der Waals surface area contributed by atoms with Crippen LogP contribution in [0.2, 0.25) is 0 Å². The van der Waals surface area contributed by atoms with Crippen molar-refractivity contribution >= 4 is 5.69 Å². The van der Waals surface area contributed by atoms with Crippen molar-refractivity contribution in [3.8, 4) is 0 Å². The summed E-state index contributed by atoms with van der Waals surface area (Å²) >= 11 is 0. The van der Waals surface area contributed by atoms with Gasteiger partial charge < -0.3 is 9.84 Å². The Balaban J connectivity index is 2.07. The van der Waals surface area contributed by atoms with Crippen LogP contribution in [0.4, 0.5) is 5.69 Å². The Labute approximate surface area is 99.2 Å². The van der Waals surface area contributed by atoms with E-state index in [0.717, 1.165) is 5.56 Å². The lowest BCUT2D eigenvalue weighted by atomic mass is 9.91. The Morgan fingerprint density at radius 3 is 3.06 bits per heavy atom. The zero-order chi connectivity index (χ0) is 12.3. The summed E-state index contributed by atoms with van der Waals surface area (Å²) in [6.07, 6.45) is 0.880. The molecule has 0 amide bonds. The van der Waals surface area contributed by atoms with Crippen molar-refractivity contribution in [2.45, 2.75) is 18.9 Å². The van der Waals surface area contributed by atoms with Crippen LogP contribution < -0.4 is 0 Å². The lowest BCUT2D eigenvalue weighted by molar-refractivity contribution is -0.384. The van der Waals surface area contributed by atoms with Crippen LogP contribution in [0.1, 0.15) is 12.0 Å². The summed E-state index contributed by atoms with van der Waals surface area (Å²) in [6, 6.07) is 6.54. The minimum absolute atomic E-state index is 0.0331. The maximum Gasteiger partial charge on any atom is 0.269 e. The van der Waals surface area contributed by atoms with Gasteiger partial charge in [0.15, 0.2) is 0 Å². The second-order valence-electron chi connectivity index (χ2n) is 4.32. The molecule has 0 bridgehead atoms.